The summed E-state index contributed by atoms with van der Waals surface area (Å²) in [7, 11) is 0. The van der Waals surface area contributed by atoms with Crippen LogP contribution < -0.4 is 0 Å². The minimum Gasteiger partial charge on any atom is -0.507 e. The Morgan fingerprint density at radius 3 is 1.29 bits per heavy atom. The highest BCUT2D eigenvalue weighted by Gasteiger charge is 2.18. The lowest BCUT2D eigenvalue weighted by atomic mass is 10.2. The number of carbonyl (C=O) groups is 4. The van der Waals surface area contributed by atoms with Gasteiger partial charge in [-0.05, 0) is 64.8 Å². The van der Waals surface area contributed by atoms with Crippen LogP contribution in [0.25, 0.3) is 0 Å². The third kappa shape index (κ3) is 12.2. The maximum atomic E-state index is 11.1. The number of benzene rings is 2. The lowest BCUT2D eigenvalue weighted by molar-refractivity contribution is -0.141. The fourth-order valence-corrected chi connectivity index (χ4v) is 3.04. The minimum absolute atomic E-state index is 0.0454. The largest absolute Gasteiger partial charge is 0.507 e. The second-order valence-electron chi connectivity index (χ2n) is 8.15. The van der Waals surface area contributed by atoms with Crippen molar-refractivity contribution in [1.29, 1.82) is 0 Å². The summed E-state index contributed by atoms with van der Waals surface area (Å²) in [5.74, 6) is -1.17. The molecule has 208 valence electrons. The zero-order valence-corrected chi connectivity index (χ0v) is 22.2. The lowest BCUT2D eigenvalue weighted by Crippen LogP contribution is -2.04. The van der Waals surface area contributed by atoms with Crippen LogP contribution >= 0.6 is 0 Å². The average molecular weight is 533 g/mol. The standard InChI is InChI=1S/2C9H10O3.2C5H8O2/c2*1-2-12-9(11)7-5-3-4-6-8(7)10;2*1-4-2-3-5(6)7-4/h2*3-6,10H,2H2,1H3;2*4H,2-3H2,1H3. The fraction of sp³-hybridized carbons (Fsp3) is 0.429. The van der Waals surface area contributed by atoms with Crippen molar-refractivity contribution < 1.29 is 48.3 Å². The van der Waals surface area contributed by atoms with Crippen LogP contribution in [0.4, 0.5) is 0 Å². The van der Waals surface area contributed by atoms with Crippen LogP contribution in [0.2, 0.25) is 0 Å². The molecule has 0 amide bonds. The number of ether oxygens (including phenoxy) is 4. The van der Waals surface area contributed by atoms with Crippen molar-refractivity contribution in [2.24, 2.45) is 0 Å². The number of esters is 4. The normalized spacial score (nSPS) is 17.2. The Kier molecular flexibility index (Phi) is 14.6. The average Bonchev–Trinajstić information content (AvgIpc) is 3.46. The molecule has 2 unspecified atom stereocenters. The van der Waals surface area contributed by atoms with Crippen molar-refractivity contribution in [3.63, 3.8) is 0 Å². The first-order valence-corrected chi connectivity index (χ1v) is 12.4. The molecular formula is C28H36O10. The van der Waals surface area contributed by atoms with Gasteiger partial charge in [-0.3, -0.25) is 9.59 Å². The molecule has 2 fully saturated rings. The number of rotatable bonds is 4. The van der Waals surface area contributed by atoms with Crippen molar-refractivity contribution >= 4 is 23.9 Å². The Labute approximate surface area is 222 Å². The first-order chi connectivity index (χ1) is 18.1. The van der Waals surface area contributed by atoms with Crippen molar-refractivity contribution in [2.45, 2.75) is 65.6 Å². The third-order valence-electron chi connectivity index (χ3n) is 4.97. The molecule has 4 rings (SSSR count). The highest BCUT2D eigenvalue weighted by atomic mass is 16.6. The molecule has 2 saturated heterocycles. The molecule has 2 atom stereocenters. The fourth-order valence-electron chi connectivity index (χ4n) is 3.04. The van der Waals surface area contributed by atoms with Gasteiger partial charge in [0.05, 0.1) is 25.4 Å². The molecule has 10 heteroatoms. The van der Waals surface area contributed by atoms with E-state index in [4.69, 9.17) is 18.9 Å². The predicted molar refractivity (Wildman–Crippen MR) is 138 cm³/mol. The van der Waals surface area contributed by atoms with Gasteiger partial charge in [-0.1, -0.05) is 24.3 Å². The van der Waals surface area contributed by atoms with E-state index in [2.05, 4.69) is 0 Å². The van der Waals surface area contributed by atoms with Gasteiger partial charge in [0.1, 0.15) is 22.6 Å². The molecule has 38 heavy (non-hydrogen) atoms. The Balaban J connectivity index is 0.000000261. The van der Waals surface area contributed by atoms with Crippen LogP contribution in [-0.4, -0.2) is 59.5 Å². The van der Waals surface area contributed by atoms with Gasteiger partial charge in [-0.25, -0.2) is 9.59 Å². The summed E-state index contributed by atoms with van der Waals surface area (Å²) in [4.78, 5) is 42.6. The van der Waals surface area contributed by atoms with E-state index in [1.54, 1.807) is 38.1 Å². The quantitative estimate of drug-likeness (QED) is 0.424. The molecule has 0 spiro atoms. The van der Waals surface area contributed by atoms with Gasteiger partial charge in [0, 0.05) is 12.8 Å². The van der Waals surface area contributed by atoms with Crippen molar-refractivity contribution in [1.82, 2.24) is 0 Å². The number of para-hydroxylation sites is 2. The van der Waals surface area contributed by atoms with Crippen LogP contribution in [0.1, 0.15) is 74.1 Å². The van der Waals surface area contributed by atoms with E-state index in [1.165, 1.54) is 24.3 Å². The van der Waals surface area contributed by atoms with Gasteiger partial charge in [0.25, 0.3) is 0 Å². The second-order valence-corrected chi connectivity index (χ2v) is 8.15. The lowest BCUT2D eigenvalue weighted by Gasteiger charge is -2.02. The van der Waals surface area contributed by atoms with Crippen molar-refractivity contribution in [2.75, 3.05) is 13.2 Å². The Hall–Kier alpha value is -4.08. The Morgan fingerprint density at radius 2 is 1.08 bits per heavy atom. The molecule has 2 aliphatic heterocycles. The molecule has 0 bridgehead atoms. The summed E-state index contributed by atoms with van der Waals surface area (Å²) >= 11 is 0. The van der Waals surface area contributed by atoms with Crippen LogP contribution in [0.3, 0.4) is 0 Å². The maximum Gasteiger partial charge on any atom is 0.341 e. The van der Waals surface area contributed by atoms with Gasteiger partial charge in [-0.2, -0.15) is 0 Å². The number of cyclic esters (lactones) is 2. The summed E-state index contributed by atoms with van der Waals surface area (Å²) in [6, 6.07) is 12.6. The van der Waals surface area contributed by atoms with Crippen LogP contribution in [0, 0.1) is 0 Å². The van der Waals surface area contributed by atoms with Gasteiger partial charge >= 0.3 is 23.9 Å². The topological polar surface area (TPSA) is 146 Å². The molecule has 2 aromatic rings. The zero-order valence-electron chi connectivity index (χ0n) is 22.2. The second kappa shape index (κ2) is 17.4. The minimum atomic E-state index is -0.490. The number of carbonyl (C=O) groups excluding carboxylic acids is 4. The summed E-state index contributed by atoms with van der Waals surface area (Å²) in [5.41, 5.74) is 0.415. The Bertz CT molecular complexity index is 966. The summed E-state index contributed by atoms with van der Waals surface area (Å²) < 4.78 is 18.9. The van der Waals surface area contributed by atoms with E-state index >= 15 is 0 Å². The van der Waals surface area contributed by atoms with E-state index in [-0.39, 0.29) is 46.8 Å². The van der Waals surface area contributed by atoms with Crippen LogP contribution in [-0.2, 0) is 28.5 Å². The third-order valence-corrected chi connectivity index (χ3v) is 4.97. The van der Waals surface area contributed by atoms with E-state index in [1.807, 2.05) is 13.8 Å². The molecule has 2 aromatic carbocycles. The maximum absolute atomic E-state index is 11.1. The predicted octanol–water partition coefficient (Wildman–Crippen LogP) is 4.56. The number of hydrogen-bond donors (Lipinski definition) is 2. The molecule has 10 nitrogen and oxygen atoms in total. The van der Waals surface area contributed by atoms with Crippen molar-refractivity contribution in [3.05, 3.63) is 59.7 Å². The van der Waals surface area contributed by atoms with Crippen LogP contribution in [0.15, 0.2) is 48.5 Å². The van der Waals surface area contributed by atoms with Crippen LogP contribution in [0.5, 0.6) is 11.5 Å². The SMILES string of the molecule is CC1CCC(=O)O1.CC1CCC(=O)O1.CCOC(=O)c1ccccc1O.CCOC(=O)c1ccccc1O. The van der Waals surface area contributed by atoms with Gasteiger partial charge < -0.3 is 29.2 Å². The number of phenols is 2. The molecule has 2 heterocycles. The summed E-state index contributed by atoms with van der Waals surface area (Å²) in [6.07, 6.45) is 3.38. The highest BCUT2D eigenvalue weighted by Crippen LogP contribution is 2.17. The Morgan fingerprint density at radius 1 is 0.737 bits per heavy atom. The first kappa shape index (κ1) is 31.9. The summed E-state index contributed by atoms with van der Waals surface area (Å²) in [5, 5.41) is 18.4. The van der Waals surface area contributed by atoms with E-state index in [0.717, 1.165) is 12.8 Å². The summed E-state index contributed by atoms with van der Waals surface area (Å²) in [6.45, 7) is 7.88. The van der Waals surface area contributed by atoms with E-state index in [0.29, 0.717) is 26.1 Å². The smallest absolute Gasteiger partial charge is 0.341 e. The van der Waals surface area contributed by atoms with Gasteiger partial charge in [-0.15, -0.1) is 0 Å². The molecule has 0 aromatic heterocycles. The van der Waals surface area contributed by atoms with E-state index in [9.17, 15) is 29.4 Å². The molecule has 0 aliphatic carbocycles. The molecule has 2 aliphatic rings. The van der Waals surface area contributed by atoms with Gasteiger partial charge in [0.2, 0.25) is 0 Å². The first-order valence-electron chi connectivity index (χ1n) is 12.4. The van der Waals surface area contributed by atoms with Gasteiger partial charge in [0.15, 0.2) is 0 Å². The molecule has 0 saturated carbocycles. The van der Waals surface area contributed by atoms with Crippen molar-refractivity contribution in [3.8, 4) is 11.5 Å². The molecular weight excluding hydrogens is 496 g/mol. The molecule has 0 radical (unpaired) electrons. The number of phenolic OH excluding ortho intramolecular Hbond substituents is 2. The van der Waals surface area contributed by atoms with E-state index < -0.39 is 11.9 Å². The number of aromatic hydroxyl groups is 2. The highest BCUT2D eigenvalue weighted by molar-refractivity contribution is 5.92. The monoisotopic (exact) mass is 532 g/mol. The zero-order chi connectivity index (χ0) is 28.5. The number of hydrogen-bond acceptors (Lipinski definition) is 10. The molecule has 2 N–H and O–H groups in total.